The third kappa shape index (κ3) is 2.45. The van der Waals surface area contributed by atoms with Crippen LogP contribution in [0.2, 0.25) is 0 Å². The number of nitro groups is 1. The number of hydrogen-bond donors (Lipinski definition) is 1. The Morgan fingerprint density at radius 2 is 2.14 bits per heavy atom. The van der Waals surface area contributed by atoms with E-state index in [0.717, 1.165) is 6.39 Å². The van der Waals surface area contributed by atoms with Crippen LogP contribution in [-0.4, -0.2) is 32.7 Å². The van der Waals surface area contributed by atoms with Crippen LogP contribution in [0.3, 0.4) is 0 Å². The molecule has 1 unspecified atom stereocenters. The summed E-state index contributed by atoms with van der Waals surface area (Å²) in [5.74, 6) is -0.500. The Balaban J connectivity index is 1.94. The largest absolute Gasteiger partial charge is 0.422 e. The zero-order chi connectivity index (χ0) is 14.8. The molecular weight excluding hydrogens is 283 g/mol. The van der Waals surface area contributed by atoms with Gasteiger partial charge in [-0.25, -0.2) is 9.38 Å². The normalized spacial score (nSPS) is 19.4. The van der Waals surface area contributed by atoms with Gasteiger partial charge in [0.2, 0.25) is 17.9 Å². The third-order valence-electron chi connectivity index (χ3n) is 2.68. The Morgan fingerprint density at radius 1 is 1.38 bits per heavy atom. The van der Waals surface area contributed by atoms with Crippen LogP contribution in [0.25, 0.3) is 0 Å². The fourth-order valence-corrected chi connectivity index (χ4v) is 1.76. The van der Waals surface area contributed by atoms with Gasteiger partial charge in [-0.3, -0.25) is 15.5 Å². The fourth-order valence-electron chi connectivity index (χ4n) is 1.76. The summed E-state index contributed by atoms with van der Waals surface area (Å²) < 4.78 is 17.7. The number of nitrogens with zero attached hydrogens (tertiary/aromatic N) is 5. The highest BCUT2D eigenvalue weighted by Gasteiger charge is 2.42. The first-order valence-electron chi connectivity index (χ1n) is 5.73. The zero-order valence-corrected chi connectivity index (χ0v) is 10.3. The van der Waals surface area contributed by atoms with Gasteiger partial charge in [-0.05, 0) is 24.3 Å². The van der Waals surface area contributed by atoms with Crippen molar-refractivity contribution in [2.45, 2.75) is 6.04 Å². The third-order valence-corrected chi connectivity index (χ3v) is 2.68. The lowest BCUT2D eigenvalue weighted by Crippen LogP contribution is -2.37. The molecule has 0 bridgehead atoms. The number of aromatic nitrogens is 2. The van der Waals surface area contributed by atoms with Crippen molar-refractivity contribution in [3.05, 3.63) is 52.5 Å². The lowest BCUT2D eigenvalue weighted by Gasteiger charge is -2.03. The maximum Gasteiger partial charge on any atom is 0.319 e. The van der Waals surface area contributed by atoms with Gasteiger partial charge in [-0.2, -0.15) is 5.10 Å². The Hall–Kier alpha value is -3.17. The number of amidine groups is 1. The van der Waals surface area contributed by atoms with Gasteiger partial charge in [-0.15, -0.1) is 10.2 Å². The van der Waals surface area contributed by atoms with Crippen molar-refractivity contribution in [2.75, 3.05) is 0 Å². The molecule has 1 aliphatic heterocycles. The molecule has 1 aromatic carbocycles. The molecule has 1 N–H and O–H groups in total. The predicted molar refractivity (Wildman–Crippen MR) is 68.2 cm³/mol. The second kappa shape index (κ2) is 5.07. The molecule has 0 aliphatic carbocycles. The molecule has 1 atom stereocenters. The monoisotopic (exact) mass is 290 g/mol. The lowest BCUT2D eigenvalue weighted by atomic mass is 10.2. The molecule has 106 valence electrons. The smallest absolute Gasteiger partial charge is 0.319 e. The van der Waals surface area contributed by atoms with Gasteiger partial charge >= 0.3 is 6.04 Å². The fraction of sp³-hybridized carbons (Fsp3) is 0.0909. The number of rotatable bonds is 3. The van der Waals surface area contributed by atoms with E-state index in [1.54, 1.807) is 0 Å². The molecule has 1 aliphatic rings. The van der Waals surface area contributed by atoms with Crippen LogP contribution < -0.4 is 5.43 Å². The Kier molecular flexibility index (Phi) is 3.10. The molecule has 2 aromatic rings. The van der Waals surface area contributed by atoms with Crippen LogP contribution in [0.1, 0.15) is 5.89 Å². The van der Waals surface area contributed by atoms with Crippen molar-refractivity contribution in [1.82, 2.24) is 15.6 Å². The highest BCUT2D eigenvalue weighted by atomic mass is 19.1. The molecule has 21 heavy (non-hydrogen) atoms. The van der Waals surface area contributed by atoms with E-state index in [0.29, 0.717) is 5.69 Å². The quantitative estimate of drug-likeness (QED) is 0.662. The summed E-state index contributed by atoms with van der Waals surface area (Å²) in [5.41, 5.74) is 2.79. The summed E-state index contributed by atoms with van der Waals surface area (Å²) in [6, 6.07) is 3.85. The van der Waals surface area contributed by atoms with Crippen molar-refractivity contribution in [3.63, 3.8) is 0 Å². The van der Waals surface area contributed by atoms with E-state index in [-0.39, 0.29) is 17.4 Å². The molecule has 0 fully saturated rings. The first-order chi connectivity index (χ1) is 10.1. The number of benzene rings is 1. The van der Waals surface area contributed by atoms with Crippen LogP contribution in [-0.2, 0) is 0 Å². The number of hydrazone groups is 1. The summed E-state index contributed by atoms with van der Waals surface area (Å²) in [7, 11) is 0. The van der Waals surface area contributed by atoms with E-state index < -0.39 is 16.8 Å². The first-order valence-corrected chi connectivity index (χ1v) is 5.73. The molecular formula is C11H7FN6O3. The molecule has 10 heteroatoms. The van der Waals surface area contributed by atoms with E-state index in [2.05, 4.69) is 25.7 Å². The van der Waals surface area contributed by atoms with Gasteiger partial charge in [0.05, 0.1) is 5.69 Å². The van der Waals surface area contributed by atoms with Crippen molar-refractivity contribution in [3.8, 4) is 0 Å². The summed E-state index contributed by atoms with van der Waals surface area (Å²) in [6.07, 6.45) is 1.05. The molecule has 0 radical (unpaired) electrons. The van der Waals surface area contributed by atoms with E-state index in [1.807, 2.05) is 0 Å². The van der Waals surface area contributed by atoms with Gasteiger partial charge < -0.3 is 4.42 Å². The van der Waals surface area contributed by atoms with Crippen molar-refractivity contribution in [2.24, 2.45) is 10.1 Å². The molecule has 2 heterocycles. The van der Waals surface area contributed by atoms with Crippen molar-refractivity contribution >= 4 is 17.2 Å². The van der Waals surface area contributed by atoms with Crippen LogP contribution in [0.15, 0.2) is 45.2 Å². The second-order valence-corrected chi connectivity index (χ2v) is 4.01. The number of aliphatic imine (C=N–C) groups is 1. The predicted octanol–water partition coefficient (Wildman–Crippen LogP) is 0.891. The molecule has 3 rings (SSSR count). The van der Waals surface area contributed by atoms with Crippen molar-refractivity contribution in [1.29, 1.82) is 0 Å². The van der Waals surface area contributed by atoms with Crippen LogP contribution in [0, 0.1) is 15.9 Å². The van der Waals surface area contributed by atoms with Gasteiger partial charge in [0.25, 0.3) is 5.89 Å². The summed E-state index contributed by atoms with van der Waals surface area (Å²) in [6.45, 7) is 0. The minimum atomic E-state index is -1.35. The maximum atomic E-state index is 12.8. The van der Waals surface area contributed by atoms with Crippen LogP contribution in [0.5, 0.6) is 0 Å². The Morgan fingerprint density at radius 3 is 2.76 bits per heavy atom. The number of hydrogen-bond acceptors (Lipinski definition) is 7. The highest BCUT2D eigenvalue weighted by Crippen LogP contribution is 2.17. The van der Waals surface area contributed by atoms with Gasteiger partial charge in [0.15, 0.2) is 0 Å². The Labute approximate surface area is 116 Å². The molecule has 9 nitrogen and oxygen atoms in total. The maximum absolute atomic E-state index is 12.8. The van der Waals surface area contributed by atoms with Gasteiger partial charge in [0.1, 0.15) is 5.82 Å². The van der Waals surface area contributed by atoms with E-state index in [1.165, 1.54) is 24.3 Å². The Bertz CT molecular complexity index is 725. The average molecular weight is 290 g/mol. The zero-order valence-electron chi connectivity index (χ0n) is 10.3. The number of nitrogens with one attached hydrogen (secondary N) is 1. The topological polar surface area (TPSA) is 119 Å². The van der Waals surface area contributed by atoms with Crippen LogP contribution >= 0.6 is 0 Å². The van der Waals surface area contributed by atoms with Crippen molar-refractivity contribution < 1.29 is 13.7 Å². The molecule has 0 saturated carbocycles. The van der Waals surface area contributed by atoms with Crippen LogP contribution in [0.4, 0.5) is 10.1 Å². The summed E-state index contributed by atoms with van der Waals surface area (Å²) in [4.78, 5) is 14.7. The first kappa shape index (κ1) is 12.8. The summed E-state index contributed by atoms with van der Waals surface area (Å²) in [5, 5.41) is 22.1. The average Bonchev–Trinajstić information content (AvgIpc) is 3.10. The molecule has 1 aromatic heterocycles. The molecule has 0 saturated heterocycles. The standard InChI is InChI=1S/C11H7FN6O3/c12-6-1-3-7(4-2-6)14-10-9(18(19)20)8(15-16-10)11-17-13-5-21-11/h1-5,9H,(H,14,16). The minimum absolute atomic E-state index is 0.0141. The molecule has 0 amide bonds. The van der Waals surface area contributed by atoms with Gasteiger partial charge in [0, 0.05) is 4.92 Å². The van der Waals surface area contributed by atoms with Gasteiger partial charge in [-0.1, -0.05) is 0 Å². The highest BCUT2D eigenvalue weighted by molar-refractivity contribution is 6.18. The van der Waals surface area contributed by atoms with E-state index in [4.69, 9.17) is 4.42 Å². The number of halogens is 1. The second-order valence-electron chi connectivity index (χ2n) is 4.01. The molecule has 0 spiro atoms. The van der Waals surface area contributed by atoms with E-state index >= 15 is 0 Å². The SMILES string of the molecule is O=[N+]([O-])C1C(=Nc2ccc(F)cc2)NN=C1c1nnco1. The summed E-state index contributed by atoms with van der Waals surface area (Å²) >= 11 is 0. The van der Waals surface area contributed by atoms with E-state index in [9.17, 15) is 14.5 Å². The minimum Gasteiger partial charge on any atom is -0.422 e. The lowest BCUT2D eigenvalue weighted by molar-refractivity contribution is -0.484.